The average molecular weight is 437 g/mol. The van der Waals surface area contributed by atoms with Gasteiger partial charge < -0.3 is 14.9 Å². The highest BCUT2D eigenvalue weighted by Crippen LogP contribution is 2.41. The number of aryl methyl sites for hydroxylation is 1. The van der Waals surface area contributed by atoms with Crippen LogP contribution in [0.2, 0.25) is 0 Å². The Morgan fingerprint density at radius 2 is 1.75 bits per heavy atom. The van der Waals surface area contributed by atoms with Crippen molar-refractivity contribution >= 4 is 6.08 Å². The summed E-state index contributed by atoms with van der Waals surface area (Å²) in [5.41, 5.74) is 3.60. The minimum absolute atomic E-state index is 0.180. The first-order valence-corrected chi connectivity index (χ1v) is 12.1. The molecule has 2 atom stereocenters. The molecule has 4 heteroatoms. The van der Waals surface area contributed by atoms with Crippen molar-refractivity contribution in [2.45, 2.75) is 44.6 Å². The molecule has 0 amide bonds. The largest absolute Gasteiger partial charge is 0.385 e. The monoisotopic (exact) mass is 436 g/mol. The van der Waals surface area contributed by atoms with Gasteiger partial charge in [0.2, 0.25) is 0 Å². The lowest BCUT2D eigenvalue weighted by Gasteiger charge is -2.42. The number of aliphatic hydroxyl groups is 1. The quantitative estimate of drug-likeness (QED) is 0.674. The number of nitrogens with zero attached hydrogens (tertiary/aromatic N) is 2. The second kappa shape index (κ2) is 10.3. The molecule has 2 aromatic rings. The molecule has 3 nitrogen and oxygen atoms in total. The molecule has 1 aliphatic carbocycles. The third-order valence-electron chi connectivity index (χ3n) is 7.49. The highest BCUT2D eigenvalue weighted by molar-refractivity contribution is 5.56. The third kappa shape index (κ3) is 5.48. The number of likely N-dealkylation sites (N-methyl/N-ethyl adjacent to an activating group) is 1. The van der Waals surface area contributed by atoms with Crippen LogP contribution in [0.1, 0.15) is 42.4 Å². The minimum Gasteiger partial charge on any atom is -0.385 e. The van der Waals surface area contributed by atoms with Gasteiger partial charge in [-0.05, 0) is 67.6 Å². The van der Waals surface area contributed by atoms with Gasteiger partial charge in [0.15, 0.2) is 0 Å². The number of hydrogen-bond acceptors (Lipinski definition) is 3. The van der Waals surface area contributed by atoms with Crippen molar-refractivity contribution in [3.63, 3.8) is 0 Å². The lowest BCUT2D eigenvalue weighted by molar-refractivity contribution is -0.00653. The van der Waals surface area contributed by atoms with Gasteiger partial charge >= 0.3 is 0 Å². The van der Waals surface area contributed by atoms with E-state index in [4.69, 9.17) is 0 Å². The topological polar surface area (TPSA) is 26.7 Å². The molecule has 1 N–H and O–H groups in total. The molecular weight excluding hydrogens is 399 g/mol. The van der Waals surface area contributed by atoms with Gasteiger partial charge in [-0.2, -0.15) is 0 Å². The van der Waals surface area contributed by atoms with E-state index in [0.717, 1.165) is 69.5 Å². The molecule has 0 aromatic heterocycles. The van der Waals surface area contributed by atoms with E-state index in [1.54, 1.807) is 0 Å². The van der Waals surface area contributed by atoms with Crippen LogP contribution in [0.15, 0.2) is 54.1 Å². The number of hydrogen-bond donors (Lipinski definition) is 1. The molecule has 0 bridgehead atoms. The van der Waals surface area contributed by atoms with Crippen molar-refractivity contribution < 1.29 is 9.50 Å². The molecule has 0 spiro atoms. The number of rotatable bonds is 5. The summed E-state index contributed by atoms with van der Waals surface area (Å²) >= 11 is 0. The van der Waals surface area contributed by atoms with Gasteiger partial charge in [-0.15, -0.1) is 0 Å². The summed E-state index contributed by atoms with van der Waals surface area (Å²) in [6, 6.07) is 15.1. The molecule has 2 unspecified atom stereocenters. The van der Waals surface area contributed by atoms with Gasteiger partial charge in [0.05, 0.1) is 5.60 Å². The van der Waals surface area contributed by atoms with Crippen LogP contribution in [0.25, 0.3) is 6.08 Å². The summed E-state index contributed by atoms with van der Waals surface area (Å²) < 4.78 is 13.5. The highest BCUT2D eigenvalue weighted by atomic mass is 19.1. The van der Waals surface area contributed by atoms with Crippen molar-refractivity contribution in [2.24, 2.45) is 5.92 Å². The number of halogens is 1. The van der Waals surface area contributed by atoms with Crippen LogP contribution in [0.5, 0.6) is 0 Å². The Morgan fingerprint density at radius 1 is 1.03 bits per heavy atom. The van der Waals surface area contributed by atoms with Crippen LogP contribution in [-0.4, -0.2) is 60.3 Å². The fourth-order valence-corrected chi connectivity index (χ4v) is 5.32. The maximum absolute atomic E-state index is 13.5. The van der Waals surface area contributed by atoms with E-state index >= 15 is 0 Å². The average Bonchev–Trinajstić information content (AvgIpc) is 2.92. The Morgan fingerprint density at radius 3 is 2.47 bits per heavy atom. The molecule has 32 heavy (non-hydrogen) atoms. The lowest BCUT2D eigenvalue weighted by Crippen LogP contribution is -2.51. The molecule has 1 aliphatic heterocycles. The Bertz CT molecular complexity index is 917. The SMILES string of the molecule is Cc1ccccc1CC1(O)C(=Cc2ccc(F)cc2)CCCCC1CN1CCN(C)CC1. The molecule has 1 saturated heterocycles. The van der Waals surface area contributed by atoms with Gasteiger partial charge in [-0.3, -0.25) is 0 Å². The molecular formula is C28H37FN2O. The van der Waals surface area contributed by atoms with Crippen LogP contribution in [-0.2, 0) is 6.42 Å². The Hall–Kier alpha value is -2.01. The summed E-state index contributed by atoms with van der Waals surface area (Å²) in [5, 5.41) is 12.5. The van der Waals surface area contributed by atoms with Crippen LogP contribution >= 0.6 is 0 Å². The first-order valence-electron chi connectivity index (χ1n) is 12.1. The van der Waals surface area contributed by atoms with Crippen molar-refractivity contribution in [3.8, 4) is 0 Å². The fraction of sp³-hybridized carbons (Fsp3) is 0.500. The second-order valence-electron chi connectivity index (χ2n) is 9.80. The molecule has 2 fully saturated rings. The summed E-state index contributed by atoms with van der Waals surface area (Å²) in [4.78, 5) is 4.91. The van der Waals surface area contributed by atoms with Crippen molar-refractivity contribution in [1.29, 1.82) is 0 Å². The van der Waals surface area contributed by atoms with E-state index in [1.807, 2.05) is 12.1 Å². The minimum atomic E-state index is -0.902. The molecule has 2 aliphatic rings. The smallest absolute Gasteiger partial charge is 0.123 e. The van der Waals surface area contributed by atoms with E-state index < -0.39 is 5.60 Å². The molecule has 0 radical (unpaired) electrons. The Kier molecular flexibility index (Phi) is 7.44. The van der Waals surface area contributed by atoms with Gasteiger partial charge in [-0.25, -0.2) is 4.39 Å². The predicted molar refractivity (Wildman–Crippen MR) is 130 cm³/mol. The maximum Gasteiger partial charge on any atom is 0.123 e. The number of piperazine rings is 1. The van der Waals surface area contributed by atoms with Gasteiger partial charge in [-0.1, -0.05) is 48.9 Å². The third-order valence-corrected chi connectivity index (χ3v) is 7.49. The van der Waals surface area contributed by atoms with E-state index in [-0.39, 0.29) is 11.7 Å². The Balaban J connectivity index is 1.69. The number of benzene rings is 2. The molecule has 1 heterocycles. The first kappa shape index (κ1) is 23.2. The predicted octanol–water partition coefficient (Wildman–Crippen LogP) is 4.93. The molecule has 172 valence electrons. The zero-order valence-electron chi connectivity index (χ0n) is 19.6. The van der Waals surface area contributed by atoms with Crippen LogP contribution in [0, 0.1) is 18.7 Å². The van der Waals surface area contributed by atoms with Gasteiger partial charge in [0.25, 0.3) is 0 Å². The van der Waals surface area contributed by atoms with E-state index in [1.165, 1.54) is 23.3 Å². The van der Waals surface area contributed by atoms with Crippen molar-refractivity contribution in [3.05, 3.63) is 76.6 Å². The molecule has 4 rings (SSSR count). The summed E-state index contributed by atoms with van der Waals surface area (Å²) in [6.45, 7) is 7.35. The molecule has 1 saturated carbocycles. The van der Waals surface area contributed by atoms with Crippen molar-refractivity contribution in [2.75, 3.05) is 39.8 Å². The zero-order valence-corrected chi connectivity index (χ0v) is 19.6. The van der Waals surface area contributed by atoms with E-state index in [9.17, 15) is 9.50 Å². The maximum atomic E-state index is 13.5. The standard InChI is InChI=1S/C28H37FN2O/c1-22-7-3-4-8-24(22)20-28(32)25(19-23-11-13-27(29)14-12-23)9-5-6-10-26(28)21-31-17-15-30(2)16-18-31/h3-4,7-8,11-14,19,26,32H,5-6,9-10,15-18,20-21H2,1-2H3. The van der Waals surface area contributed by atoms with Crippen molar-refractivity contribution in [1.82, 2.24) is 9.80 Å². The van der Waals surface area contributed by atoms with E-state index in [0.29, 0.717) is 6.42 Å². The normalized spacial score (nSPS) is 26.9. The summed E-state index contributed by atoms with van der Waals surface area (Å²) in [5.74, 6) is -0.0455. The van der Waals surface area contributed by atoms with Crippen LogP contribution in [0.4, 0.5) is 4.39 Å². The Labute approximate surface area is 192 Å². The van der Waals surface area contributed by atoms with Gasteiger partial charge in [0.1, 0.15) is 5.82 Å². The second-order valence-corrected chi connectivity index (χ2v) is 9.80. The summed E-state index contributed by atoms with van der Waals surface area (Å²) in [6.07, 6.45) is 6.90. The molecule has 2 aromatic carbocycles. The van der Waals surface area contributed by atoms with Crippen LogP contribution < -0.4 is 0 Å². The first-order chi connectivity index (χ1) is 15.4. The van der Waals surface area contributed by atoms with Crippen LogP contribution in [0.3, 0.4) is 0 Å². The van der Waals surface area contributed by atoms with Gasteiger partial charge in [0, 0.05) is 45.1 Å². The lowest BCUT2D eigenvalue weighted by atomic mass is 9.74. The zero-order chi connectivity index (χ0) is 22.6. The fourth-order valence-electron chi connectivity index (χ4n) is 5.32. The summed E-state index contributed by atoms with van der Waals surface area (Å²) in [7, 11) is 2.18. The van der Waals surface area contributed by atoms with E-state index in [2.05, 4.69) is 54.1 Å². The highest BCUT2D eigenvalue weighted by Gasteiger charge is 2.42.